The molecule has 100 valence electrons. The van der Waals surface area contributed by atoms with Crippen molar-refractivity contribution < 1.29 is 9.47 Å². The molecule has 0 spiro atoms. The van der Waals surface area contributed by atoms with Crippen LogP contribution in [0.15, 0.2) is 12.1 Å². The van der Waals surface area contributed by atoms with Crippen LogP contribution in [0.4, 0.5) is 0 Å². The number of benzene rings is 1. The standard InChI is InChI=1S/C14H21NO2S/c1-8(2)14-13(15)10-6-12(17-4)11(16-3)5-9(10)7-18-14/h5-6,8,13-14H,7,15H2,1-4H3. The van der Waals surface area contributed by atoms with Gasteiger partial charge in [0.05, 0.1) is 14.2 Å². The Morgan fingerprint density at radius 1 is 1.22 bits per heavy atom. The van der Waals surface area contributed by atoms with Crippen LogP contribution >= 0.6 is 11.8 Å². The number of ether oxygens (including phenoxy) is 2. The van der Waals surface area contributed by atoms with E-state index in [-0.39, 0.29) is 6.04 Å². The molecule has 0 amide bonds. The Morgan fingerprint density at radius 3 is 2.39 bits per heavy atom. The molecule has 2 N–H and O–H groups in total. The molecule has 2 unspecified atom stereocenters. The van der Waals surface area contributed by atoms with Gasteiger partial charge in [0.25, 0.3) is 0 Å². The van der Waals surface area contributed by atoms with Gasteiger partial charge in [0.2, 0.25) is 0 Å². The highest BCUT2D eigenvalue weighted by Crippen LogP contribution is 2.43. The zero-order valence-electron chi connectivity index (χ0n) is 11.4. The second-order valence-corrected chi connectivity index (χ2v) is 6.12. The Kier molecular flexibility index (Phi) is 4.07. The first kappa shape index (κ1) is 13.6. The molecule has 3 nitrogen and oxygen atoms in total. The van der Waals surface area contributed by atoms with Gasteiger partial charge in [0.1, 0.15) is 0 Å². The van der Waals surface area contributed by atoms with Crippen LogP contribution in [0, 0.1) is 5.92 Å². The van der Waals surface area contributed by atoms with Crippen LogP contribution in [-0.2, 0) is 5.75 Å². The molecule has 1 aromatic carbocycles. The average Bonchev–Trinajstić information content (AvgIpc) is 2.37. The molecule has 0 aliphatic carbocycles. The Morgan fingerprint density at radius 2 is 1.83 bits per heavy atom. The van der Waals surface area contributed by atoms with Gasteiger partial charge in [-0.1, -0.05) is 13.8 Å². The molecule has 1 aliphatic heterocycles. The molecule has 0 fully saturated rings. The third kappa shape index (κ3) is 2.31. The number of hydrogen-bond donors (Lipinski definition) is 1. The van der Waals surface area contributed by atoms with Crippen LogP contribution in [0.5, 0.6) is 11.5 Å². The van der Waals surface area contributed by atoms with Crippen LogP contribution in [0.3, 0.4) is 0 Å². The zero-order chi connectivity index (χ0) is 13.3. The molecule has 0 saturated carbocycles. The van der Waals surface area contributed by atoms with Gasteiger partial charge < -0.3 is 15.2 Å². The summed E-state index contributed by atoms with van der Waals surface area (Å²) in [7, 11) is 3.32. The molecule has 2 rings (SSSR count). The maximum Gasteiger partial charge on any atom is 0.161 e. The molecule has 0 aromatic heterocycles. The molecule has 1 aromatic rings. The lowest BCUT2D eigenvalue weighted by Crippen LogP contribution is -2.32. The highest BCUT2D eigenvalue weighted by molar-refractivity contribution is 7.99. The number of methoxy groups -OCH3 is 2. The lowest BCUT2D eigenvalue weighted by molar-refractivity contribution is 0.353. The van der Waals surface area contributed by atoms with Crippen molar-refractivity contribution in [2.45, 2.75) is 30.9 Å². The molecule has 18 heavy (non-hydrogen) atoms. The highest BCUT2D eigenvalue weighted by atomic mass is 32.2. The SMILES string of the molecule is COc1cc2c(cc1OC)C(N)C(C(C)C)SC2. The van der Waals surface area contributed by atoms with Gasteiger partial charge in [0, 0.05) is 17.0 Å². The molecule has 2 atom stereocenters. The maximum absolute atomic E-state index is 6.39. The van der Waals surface area contributed by atoms with Crippen LogP contribution in [0.25, 0.3) is 0 Å². The number of fused-ring (bicyclic) bond motifs is 1. The fourth-order valence-electron chi connectivity index (χ4n) is 2.45. The third-order valence-electron chi connectivity index (χ3n) is 3.45. The molecule has 4 heteroatoms. The lowest BCUT2D eigenvalue weighted by Gasteiger charge is -2.33. The van der Waals surface area contributed by atoms with Gasteiger partial charge in [-0.3, -0.25) is 0 Å². The topological polar surface area (TPSA) is 44.5 Å². The van der Waals surface area contributed by atoms with Gasteiger partial charge in [-0.15, -0.1) is 0 Å². The van der Waals surface area contributed by atoms with Gasteiger partial charge >= 0.3 is 0 Å². The highest BCUT2D eigenvalue weighted by Gasteiger charge is 2.30. The van der Waals surface area contributed by atoms with E-state index in [0.717, 1.165) is 17.3 Å². The number of hydrogen-bond acceptors (Lipinski definition) is 4. The van der Waals surface area contributed by atoms with Gasteiger partial charge in [-0.05, 0) is 29.2 Å². The smallest absolute Gasteiger partial charge is 0.161 e. The second kappa shape index (κ2) is 5.41. The molecule has 0 radical (unpaired) electrons. The van der Waals surface area contributed by atoms with Crippen LogP contribution in [0.2, 0.25) is 0 Å². The van der Waals surface area contributed by atoms with Crippen molar-refractivity contribution in [2.24, 2.45) is 11.7 Å². The minimum absolute atomic E-state index is 0.0681. The van der Waals surface area contributed by atoms with Crippen LogP contribution in [0.1, 0.15) is 31.0 Å². The van der Waals surface area contributed by atoms with Crippen molar-refractivity contribution in [3.05, 3.63) is 23.3 Å². The van der Waals surface area contributed by atoms with Crippen molar-refractivity contribution in [3.63, 3.8) is 0 Å². The first-order valence-electron chi connectivity index (χ1n) is 6.20. The monoisotopic (exact) mass is 267 g/mol. The Hall–Kier alpha value is -0.870. The van der Waals surface area contributed by atoms with Crippen molar-refractivity contribution in [2.75, 3.05) is 14.2 Å². The fraction of sp³-hybridized carbons (Fsp3) is 0.571. The summed E-state index contributed by atoms with van der Waals surface area (Å²) < 4.78 is 10.7. The van der Waals surface area contributed by atoms with Crippen molar-refractivity contribution in [1.29, 1.82) is 0 Å². The van der Waals surface area contributed by atoms with Crippen LogP contribution in [-0.4, -0.2) is 19.5 Å². The largest absolute Gasteiger partial charge is 0.493 e. The Bertz CT molecular complexity index is 434. The van der Waals surface area contributed by atoms with E-state index in [1.54, 1.807) is 14.2 Å². The second-order valence-electron chi connectivity index (χ2n) is 4.95. The van der Waals surface area contributed by atoms with Crippen molar-refractivity contribution >= 4 is 11.8 Å². The normalized spacial score (nSPS) is 22.8. The van der Waals surface area contributed by atoms with E-state index in [4.69, 9.17) is 15.2 Å². The summed E-state index contributed by atoms with van der Waals surface area (Å²) in [5, 5.41) is 0.468. The van der Waals surface area contributed by atoms with E-state index in [9.17, 15) is 0 Å². The summed E-state index contributed by atoms with van der Waals surface area (Å²) in [5.41, 5.74) is 8.85. The predicted molar refractivity (Wildman–Crippen MR) is 76.4 cm³/mol. The minimum atomic E-state index is 0.0681. The maximum atomic E-state index is 6.39. The number of nitrogens with two attached hydrogens (primary N) is 1. The summed E-state index contributed by atoms with van der Waals surface area (Å²) in [6.07, 6.45) is 0. The van der Waals surface area contributed by atoms with E-state index in [0.29, 0.717) is 11.2 Å². The summed E-state index contributed by atoms with van der Waals surface area (Å²) in [5.74, 6) is 3.12. The molecule has 0 saturated heterocycles. The van der Waals surface area contributed by atoms with Gasteiger partial charge in [-0.25, -0.2) is 0 Å². The van der Waals surface area contributed by atoms with E-state index >= 15 is 0 Å². The summed E-state index contributed by atoms with van der Waals surface area (Å²) in [6.45, 7) is 4.45. The number of rotatable bonds is 3. The Balaban J connectivity index is 2.42. The average molecular weight is 267 g/mol. The first-order chi connectivity index (χ1) is 8.58. The van der Waals surface area contributed by atoms with E-state index < -0.39 is 0 Å². The van der Waals surface area contributed by atoms with E-state index in [1.807, 2.05) is 17.8 Å². The van der Waals surface area contributed by atoms with Crippen molar-refractivity contribution in [1.82, 2.24) is 0 Å². The van der Waals surface area contributed by atoms with Gasteiger partial charge in [0.15, 0.2) is 11.5 Å². The van der Waals surface area contributed by atoms with Gasteiger partial charge in [-0.2, -0.15) is 11.8 Å². The summed E-state index contributed by atoms with van der Waals surface area (Å²) >= 11 is 1.93. The quantitative estimate of drug-likeness (QED) is 0.914. The fourth-order valence-corrected chi connectivity index (χ4v) is 3.81. The molecule has 0 bridgehead atoms. The molecule has 1 aliphatic rings. The molecular formula is C14H21NO2S. The summed E-state index contributed by atoms with van der Waals surface area (Å²) in [4.78, 5) is 0. The molecule has 1 heterocycles. The number of thioether (sulfide) groups is 1. The van der Waals surface area contributed by atoms with Crippen LogP contribution < -0.4 is 15.2 Å². The first-order valence-corrected chi connectivity index (χ1v) is 7.25. The minimum Gasteiger partial charge on any atom is -0.493 e. The summed E-state index contributed by atoms with van der Waals surface area (Å²) in [6, 6.07) is 4.16. The zero-order valence-corrected chi connectivity index (χ0v) is 12.2. The van der Waals surface area contributed by atoms with Crippen molar-refractivity contribution in [3.8, 4) is 11.5 Å². The lowest BCUT2D eigenvalue weighted by atomic mass is 9.93. The van der Waals surface area contributed by atoms with E-state index in [2.05, 4.69) is 19.9 Å². The predicted octanol–water partition coefficient (Wildman–Crippen LogP) is 2.98. The Labute approximate surface area is 113 Å². The van der Waals surface area contributed by atoms with E-state index in [1.165, 1.54) is 11.1 Å². The molecular weight excluding hydrogens is 246 g/mol. The third-order valence-corrected chi connectivity index (χ3v) is 5.15.